The lowest BCUT2D eigenvalue weighted by atomic mass is 10.1. The molecule has 3 N–H and O–H groups in total. The molecule has 1 fully saturated rings. The van der Waals surface area contributed by atoms with Crippen LogP contribution in [0, 0.1) is 0 Å². The molecule has 1 rings (SSSR count). The van der Waals surface area contributed by atoms with Gasteiger partial charge in [0.1, 0.15) is 0 Å². The van der Waals surface area contributed by atoms with Gasteiger partial charge in [-0.05, 0) is 12.8 Å². The quantitative estimate of drug-likeness (QED) is 0.684. The fourth-order valence-electron chi connectivity index (χ4n) is 1.77. The summed E-state index contributed by atoms with van der Waals surface area (Å²) in [5.74, 6) is 0. The van der Waals surface area contributed by atoms with Gasteiger partial charge in [0.2, 0.25) is 0 Å². The molecule has 0 aromatic heterocycles. The van der Waals surface area contributed by atoms with E-state index in [9.17, 15) is 8.42 Å². The molecule has 1 aliphatic heterocycles. The Morgan fingerprint density at radius 1 is 1.43 bits per heavy atom. The average molecular weight is 221 g/mol. The Hall–Kier alpha value is -0.170. The van der Waals surface area contributed by atoms with Crippen molar-refractivity contribution in [2.75, 3.05) is 13.1 Å². The van der Waals surface area contributed by atoms with Gasteiger partial charge in [-0.2, -0.15) is 12.7 Å². The van der Waals surface area contributed by atoms with Gasteiger partial charge in [0.25, 0.3) is 10.2 Å². The molecule has 0 aliphatic carbocycles. The molecule has 0 bridgehead atoms. The van der Waals surface area contributed by atoms with E-state index in [1.54, 1.807) is 0 Å². The van der Waals surface area contributed by atoms with E-state index in [0.717, 1.165) is 12.8 Å². The van der Waals surface area contributed by atoms with Crippen LogP contribution in [0.25, 0.3) is 0 Å². The standard InChI is InChI=1S/C8H19N3O2S/c1-3-7-6-11(14(9,12)13)8(4-2)5-10-7/h7-8,10H,3-6H2,1-2H3,(H2,9,12,13). The lowest BCUT2D eigenvalue weighted by Crippen LogP contribution is -2.59. The Bertz CT molecular complexity index is 278. The molecule has 2 unspecified atom stereocenters. The Balaban J connectivity index is 2.76. The summed E-state index contributed by atoms with van der Waals surface area (Å²) in [7, 11) is -3.54. The molecular weight excluding hydrogens is 202 g/mol. The molecule has 1 aliphatic rings. The maximum atomic E-state index is 11.3. The third kappa shape index (κ3) is 2.66. The smallest absolute Gasteiger partial charge is 0.277 e. The van der Waals surface area contributed by atoms with Crippen molar-refractivity contribution in [1.29, 1.82) is 0 Å². The highest BCUT2D eigenvalue weighted by Crippen LogP contribution is 2.13. The van der Waals surface area contributed by atoms with Gasteiger partial charge in [-0.15, -0.1) is 0 Å². The van der Waals surface area contributed by atoms with Crippen LogP contribution in [0.2, 0.25) is 0 Å². The van der Waals surface area contributed by atoms with Gasteiger partial charge >= 0.3 is 0 Å². The van der Waals surface area contributed by atoms with Gasteiger partial charge in [0.05, 0.1) is 0 Å². The molecular formula is C8H19N3O2S. The topological polar surface area (TPSA) is 75.4 Å². The summed E-state index contributed by atoms with van der Waals surface area (Å²) in [6.07, 6.45) is 1.71. The lowest BCUT2D eigenvalue weighted by molar-refractivity contribution is 0.215. The van der Waals surface area contributed by atoms with Gasteiger partial charge in [-0.25, -0.2) is 5.14 Å². The van der Waals surface area contributed by atoms with Crippen molar-refractivity contribution in [3.63, 3.8) is 0 Å². The van der Waals surface area contributed by atoms with E-state index in [1.807, 2.05) is 13.8 Å². The molecule has 1 saturated heterocycles. The van der Waals surface area contributed by atoms with Crippen LogP contribution >= 0.6 is 0 Å². The normalized spacial score (nSPS) is 30.5. The highest BCUT2D eigenvalue weighted by Gasteiger charge is 2.32. The number of nitrogens with two attached hydrogens (primary N) is 1. The second kappa shape index (κ2) is 4.57. The van der Waals surface area contributed by atoms with Crippen molar-refractivity contribution >= 4 is 10.2 Å². The lowest BCUT2D eigenvalue weighted by Gasteiger charge is -2.37. The largest absolute Gasteiger partial charge is 0.311 e. The summed E-state index contributed by atoms with van der Waals surface area (Å²) in [5.41, 5.74) is 0. The fourth-order valence-corrected chi connectivity index (χ4v) is 2.80. The Kier molecular flexibility index (Phi) is 3.88. The van der Waals surface area contributed by atoms with Crippen molar-refractivity contribution in [2.45, 2.75) is 38.8 Å². The minimum atomic E-state index is -3.54. The van der Waals surface area contributed by atoms with E-state index >= 15 is 0 Å². The van der Waals surface area contributed by atoms with Crippen LogP contribution in [-0.4, -0.2) is 37.9 Å². The highest BCUT2D eigenvalue weighted by molar-refractivity contribution is 7.86. The van der Waals surface area contributed by atoms with E-state index in [-0.39, 0.29) is 12.1 Å². The average Bonchev–Trinajstić information content (AvgIpc) is 2.15. The van der Waals surface area contributed by atoms with Crippen LogP contribution < -0.4 is 10.5 Å². The predicted molar refractivity (Wildman–Crippen MR) is 56.0 cm³/mol. The third-order valence-corrected chi connectivity index (χ3v) is 3.84. The first kappa shape index (κ1) is 11.9. The first-order valence-electron chi connectivity index (χ1n) is 5.02. The van der Waals surface area contributed by atoms with Crippen LogP contribution in [0.3, 0.4) is 0 Å². The van der Waals surface area contributed by atoms with Gasteiger partial charge in [0, 0.05) is 25.2 Å². The van der Waals surface area contributed by atoms with Crippen molar-refractivity contribution in [1.82, 2.24) is 9.62 Å². The molecule has 2 atom stereocenters. The second-order valence-corrected chi connectivity index (χ2v) is 5.19. The van der Waals surface area contributed by atoms with Gasteiger partial charge in [-0.1, -0.05) is 13.8 Å². The minimum absolute atomic E-state index is 0.00722. The Morgan fingerprint density at radius 3 is 2.50 bits per heavy atom. The maximum Gasteiger partial charge on any atom is 0.277 e. The Labute approximate surface area is 85.8 Å². The molecule has 5 nitrogen and oxygen atoms in total. The molecule has 0 saturated carbocycles. The monoisotopic (exact) mass is 221 g/mol. The number of nitrogens with one attached hydrogen (secondary N) is 1. The Morgan fingerprint density at radius 2 is 2.07 bits per heavy atom. The van der Waals surface area contributed by atoms with Crippen molar-refractivity contribution in [2.24, 2.45) is 5.14 Å². The summed E-state index contributed by atoms with van der Waals surface area (Å²) >= 11 is 0. The number of hydrogen-bond acceptors (Lipinski definition) is 3. The summed E-state index contributed by atoms with van der Waals surface area (Å²) in [5, 5.41) is 8.47. The van der Waals surface area contributed by atoms with Crippen LogP contribution in [-0.2, 0) is 10.2 Å². The molecule has 0 amide bonds. The first-order chi connectivity index (χ1) is 6.49. The van der Waals surface area contributed by atoms with E-state index in [4.69, 9.17) is 5.14 Å². The van der Waals surface area contributed by atoms with E-state index in [0.29, 0.717) is 13.1 Å². The molecule has 0 spiro atoms. The zero-order valence-corrected chi connectivity index (χ0v) is 9.55. The van der Waals surface area contributed by atoms with E-state index in [1.165, 1.54) is 4.31 Å². The number of nitrogens with zero attached hydrogens (tertiary/aromatic N) is 1. The molecule has 14 heavy (non-hydrogen) atoms. The molecule has 0 aromatic rings. The summed E-state index contributed by atoms with van der Waals surface area (Å²) < 4.78 is 24.0. The maximum absolute atomic E-state index is 11.3. The van der Waals surface area contributed by atoms with E-state index in [2.05, 4.69) is 5.32 Å². The number of hydrogen-bond donors (Lipinski definition) is 2. The van der Waals surface area contributed by atoms with Gasteiger partial charge in [0.15, 0.2) is 0 Å². The molecule has 0 radical (unpaired) electrons. The molecule has 84 valence electrons. The number of rotatable bonds is 3. The summed E-state index contributed by atoms with van der Waals surface area (Å²) in [6, 6.07) is 0.240. The van der Waals surface area contributed by atoms with Crippen LogP contribution in [0.5, 0.6) is 0 Å². The fraction of sp³-hybridized carbons (Fsp3) is 1.00. The third-order valence-electron chi connectivity index (χ3n) is 2.74. The first-order valence-corrected chi connectivity index (χ1v) is 6.52. The zero-order valence-electron chi connectivity index (χ0n) is 8.73. The molecule has 1 heterocycles. The van der Waals surface area contributed by atoms with Crippen molar-refractivity contribution < 1.29 is 8.42 Å². The van der Waals surface area contributed by atoms with Gasteiger partial charge in [-0.3, -0.25) is 0 Å². The van der Waals surface area contributed by atoms with Crippen molar-refractivity contribution in [3.05, 3.63) is 0 Å². The molecule has 6 heteroatoms. The highest BCUT2D eigenvalue weighted by atomic mass is 32.2. The number of piperazine rings is 1. The zero-order chi connectivity index (χ0) is 10.8. The van der Waals surface area contributed by atoms with Crippen LogP contribution in [0.1, 0.15) is 26.7 Å². The van der Waals surface area contributed by atoms with Crippen LogP contribution in [0.4, 0.5) is 0 Å². The van der Waals surface area contributed by atoms with E-state index < -0.39 is 10.2 Å². The van der Waals surface area contributed by atoms with Gasteiger partial charge < -0.3 is 5.32 Å². The minimum Gasteiger partial charge on any atom is -0.311 e. The molecule has 0 aromatic carbocycles. The summed E-state index contributed by atoms with van der Waals surface area (Å²) in [6.45, 7) is 5.20. The predicted octanol–water partition coefficient (Wildman–Crippen LogP) is -0.348. The SMILES string of the molecule is CCC1CN(S(N)(=O)=O)C(CC)CN1. The van der Waals surface area contributed by atoms with Crippen LogP contribution in [0.15, 0.2) is 0 Å². The summed E-state index contributed by atoms with van der Waals surface area (Å²) in [4.78, 5) is 0. The van der Waals surface area contributed by atoms with Crippen molar-refractivity contribution in [3.8, 4) is 0 Å². The second-order valence-electron chi connectivity index (χ2n) is 3.69.